The Morgan fingerprint density at radius 3 is 2.35 bits per heavy atom. The highest BCUT2D eigenvalue weighted by atomic mass is 16.5. The van der Waals surface area contributed by atoms with E-state index in [0.29, 0.717) is 29.1 Å². The smallest absolute Gasteiger partial charge is 0.225 e. The molecule has 3 heterocycles. The fourth-order valence-electron chi connectivity index (χ4n) is 3.57. The van der Waals surface area contributed by atoms with E-state index in [4.69, 9.17) is 29.0 Å². The van der Waals surface area contributed by atoms with Crippen molar-refractivity contribution in [2.24, 2.45) is 0 Å². The van der Waals surface area contributed by atoms with Crippen molar-refractivity contribution in [2.45, 2.75) is 19.3 Å². The van der Waals surface area contributed by atoms with Gasteiger partial charge in [-0.1, -0.05) is 6.07 Å². The lowest BCUT2D eigenvalue weighted by Crippen LogP contribution is -2.23. The van der Waals surface area contributed by atoms with Gasteiger partial charge >= 0.3 is 0 Å². The van der Waals surface area contributed by atoms with E-state index in [2.05, 4.69) is 9.97 Å². The second-order valence-electron chi connectivity index (χ2n) is 7.99. The molecule has 0 amide bonds. The number of ether oxygens (including phenoxy) is 4. The summed E-state index contributed by atoms with van der Waals surface area (Å²) in [5, 5.41) is 4.74. The molecule has 0 aliphatic carbocycles. The van der Waals surface area contributed by atoms with Crippen LogP contribution in [0.1, 0.15) is 25.4 Å². The molecule has 0 spiro atoms. The molecular formula is C25H27N5O4. The van der Waals surface area contributed by atoms with Crippen LogP contribution in [0.3, 0.4) is 0 Å². The van der Waals surface area contributed by atoms with Crippen molar-refractivity contribution in [3.63, 3.8) is 0 Å². The number of hydrogen-bond donors (Lipinski definition) is 0. The van der Waals surface area contributed by atoms with E-state index in [0.717, 1.165) is 22.6 Å². The maximum absolute atomic E-state index is 5.52. The predicted octanol–water partition coefficient (Wildman–Crippen LogP) is 4.08. The van der Waals surface area contributed by atoms with Gasteiger partial charge in [0.25, 0.3) is 0 Å². The lowest BCUT2D eigenvalue weighted by Gasteiger charge is -2.21. The highest BCUT2D eigenvalue weighted by Gasteiger charge is 2.30. The topological polar surface area (TPSA) is 93.4 Å². The number of hydrogen-bond acceptors (Lipinski definition) is 8. The molecule has 4 rings (SSSR count). The number of rotatable bonds is 8. The second kappa shape index (κ2) is 9.38. The molecule has 0 atom stereocenters. The number of methoxy groups -OCH3 is 4. The van der Waals surface area contributed by atoms with Crippen LogP contribution in [0.5, 0.6) is 23.3 Å². The minimum atomic E-state index is -0.575. The lowest BCUT2D eigenvalue weighted by atomic mass is 9.87. The first-order valence-corrected chi connectivity index (χ1v) is 10.6. The van der Waals surface area contributed by atoms with Gasteiger partial charge in [-0.15, -0.1) is 0 Å². The van der Waals surface area contributed by atoms with Gasteiger partial charge < -0.3 is 18.9 Å². The van der Waals surface area contributed by atoms with Gasteiger partial charge in [0.15, 0.2) is 5.82 Å². The molecule has 176 valence electrons. The lowest BCUT2D eigenvalue weighted by molar-refractivity contribution is 0.365. The third-order valence-electron chi connectivity index (χ3n) is 5.59. The summed E-state index contributed by atoms with van der Waals surface area (Å²) in [6.07, 6.45) is 1.67. The van der Waals surface area contributed by atoms with Gasteiger partial charge in [-0.25, -0.2) is 9.67 Å². The first-order valence-electron chi connectivity index (χ1n) is 10.6. The number of nitrogens with zero attached hydrogens (tertiary/aromatic N) is 5. The van der Waals surface area contributed by atoms with Crippen LogP contribution in [-0.4, -0.2) is 53.2 Å². The molecule has 1 aromatic carbocycles. The maximum Gasteiger partial charge on any atom is 0.225 e. The molecule has 3 aromatic heterocycles. The van der Waals surface area contributed by atoms with E-state index in [1.807, 2.05) is 56.3 Å². The summed E-state index contributed by atoms with van der Waals surface area (Å²) in [6.45, 7) is 4.07. The first-order chi connectivity index (χ1) is 16.4. The van der Waals surface area contributed by atoms with E-state index in [1.165, 1.54) is 0 Å². The van der Waals surface area contributed by atoms with Crippen molar-refractivity contribution in [2.75, 3.05) is 28.4 Å². The Kier molecular flexibility index (Phi) is 6.36. The number of aromatic nitrogens is 5. The Balaban J connectivity index is 1.70. The zero-order valence-corrected chi connectivity index (χ0v) is 20.1. The summed E-state index contributed by atoms with van der Waals surface area (Å²) in [5.74, 6) is 2.87. The van der Waals surface area contributed by atoms with Gasteiger partial charge in [-0.2, -0.15) is 10.1 Å². The van der Waals surface area contributed by atoms with Crippen molar-refractivity contribution < 1.29 is 18.9 Å². The average molecular weight is 462 g/mol. The molecule has 0 aliphatic heterocycles. The molecular weight excluding hydrogens is 434 g/mol. The SMILES string of the molecule is COc1ccc(-n2cnc(C(C)(C)c3cccc(-c4ccc(OC)nc4OC)n3)n2)c(OC)c1. The largest absolute Gasteiger partial charge is 0.497 e. The van der Waals surface area contributed by atoms with Crippen molar-refractivity contribution in [3.05, 3.63) is 66.4 Å². The molecule has 0 bridgehead atoms. The second-order valence-corrected chi connectivity index (χ2v) is 7.99. The van der Waals surface area contributed by atoms with Crippen LogP contribution >= 0.6 is 0 Å². The quantitative estimate of drug-likeness (QED) is 0.387. The van der Waals surface area contributed by atoms with Gasteiger partial charge in [0.05, 0.1) is 50.8 Å². The monoisotopic (exact) mass is 461 g/mol. The normalized spacial score (nSPS) is 11.2. The molecule has 0 fully saturated rings. The Morgan fingerprint density at radius 2 is 1.65 bits per heavy atom. The van der Waals surface area contributed by atoms with Crippen LogP contribution in [-0.2, 0) is 5.41 Å². The molecule has 0 saturated heterocycles. The van der Waals surface area contributed by atoms with Gasteiger partial charge in [-0.05, 0) is 44.2 Å². The highest BCUT2D eigenvalue weighted by molar-refractivity contribution is 5.66. The maximum atomic E-state index is 5.52. The van der Waals surface area contributed by atoms with E-state index in [9.17, 15) is 0 Å². The summed E-state index contributed by atoms with van der Waals surface area (Å²) >= 11 is 0. The van der Waals surface area contributed by atoms with Crippen molar-refractivity contribution in [1.29, 1.82) is 0 Å². The predicted molar refractivity (Wildman–Crippen MR) is 127 cm³/mol. The van der Waals surface area contributed by atoms with Crippen molar-refractivity contribution >= 4 is 0 Å². The molecule has 0 aliphatic rings. The Labute approximate surface area is 198 Å². The van der Waals surface area contributed by atoms with Crippen LogP contribution < -0.4 is 18.9 Å². The molecule has 0 N–H and O–H groups in total. The van der Waals surface area contributed by atoms with Crippen molar-refractivity contribution in [3.8, 4) is 40.2 Å². The van der Waals surface area contributed by atoms with Crippen molar-refractivity contribution in [1.82, 2.24) is 24.7 Å². The van der Waals surface area contributed by atoms with Gasteiger partial charge in [0.1, 0.15) is 23.5 Å². The number of pyridine rings is 2. The van der Waals surface area contributed by atoms with Crippen LogP contribution in [0.15, 0.2) is 54.9 Å². The number of benzene rings is 1. The fourth-order valence-corrected chi connectivity index (χ4v) is 3.57. The molecule has 0 saturated carbocycles. The van der Waals surface area contributed by atoms with E-state index >= 15 is 0 Å². The molecule has 0 unspecified atom stereocenters. The summed E-state index contributed by atoms with van der Waals surface area (Å²) in [5.41, 5.74) is 2.49. The van der Waals surface area contributed by atoms with Gasteiger partial charge in [0.2, 0.25) is 11.8 Å². The third kappa shape index (κ3) is 4.24. The highest BCUT2D eigenvalue weighted by Crippen LogP contribution is 2.34. The minimum absolute atomic E-state index is 0.441. The zero-order valence-electron chi connectivity index (χ0n) is 20.1. The molecule has 0 radical (unpaired) electrons. The summed E-state index contributed by atoms with van der Waals surface area (Å²) in [4.78, 5) is 13.9. The van der Waals surface area contributed by atoms with E-state index in [-0.39, 0.29) is 0 Å². The standard InChI is InChI=1S/C25H27N5O4/c1-25(2,24-26-15-30(29-24)19-12-10-16(31-3)14-20(19)32-4)21-9-7-8-18(27-21)17-11-13-22(33-5)28-23(17)34-6/h7-15H,1-6H3. The van der Waals surface area contributed by atoms with Crippen LogP contribution in [0.2, 0.25) is 0 Å². The summed E-state index contributed by atoms with van der Waals surface area (Å²) < 4.78 is 23.2. The van der Waals surface area contributed by atoms with Gasteiger partial charge in [-0.3, -0.25) is 4.98 Å². The van der Waals surface area contributed by atoms with E-state index in [1.54, 1.807) is 45.5 Å². The van der Waals surface area contributed by atoms with Crippen LogP contribution in [0.4, 0.5) is 0 Å². The van der Waals surface area contributed by atoms with Crippen LogP contribution in [0, 0.1) is 0 Å². The van der Waals surface area contributed by atoms with Crippen LogP contribution in [0.25, 0.3) is 16.9 Å². The first kappa shape index (κ1) is 23.0. The zero-order chi connectivity index (χ0) is 24.3. The third-order valence-corrected chi connectivity index (χ3v) is 5.59. The molecule has 34 heavy (non-hydrogen) atoms. The minimum Gasteiger partial charge on any atom is -0.497 e. The Bertz CT molecular complexity index is 1300. The molecule has 9 nitrogen and oxygen atoms in total. The molecule has 9 heteroatoms. The fraction of sp³-hybridized carbons (Fsp3) is 0.280. The Hall–Kier alpha value is -4.14. The van der Waals surface area contributed by atoms with E-state index < -0.39 is 5.41 Å². The molecule has 4 aromatic rings. The Morgan fingerprint density at radius 1 is 0.824 bits per heavy atom. The average Bonchev–Trinajstić information content (AvgIpc) is 3.39. The summed E-state index contributed by atoms with van der Waals surface area (Å²) in [7, 11) is 6.36. The summed E-state index contributed by atoms with van der Waals surface area (Å²) in [6, 6.07) is 15.0. The van der Waals surface area contributed by atoms with Gasteiger partial charge in [0, 0.05) is 12.1 Å².